The molecule has 1 heterocycles. The smallest absolute Gasteiger partial charge is 0.191 e. The maximum atomic E-state index is 6.21. The van der Waals surface area contributed by atoms with Crippen LogP contribution in [0.2, 0.25) is 5.02 Å². The van der Waals surface area contributed by atoms with Crippen molar-refractivity contribution in [3.63, 3.8) is 0 Å². The quantitative estimate of drug-likeness (QED) is 0.299. The molecule has 1 aromatic heterocycles. The Hall–Kier alpha value is -1.54. The minimum absolute atomic E-state index is 0. The zero-order valence-electron chi connectivity index (χ0n) is 13.7. The summed E-state index contributed by atoms with van der Waals surface area (Å²) in [5.74, 6) is 1.45. The molecule has 0 aliphatic heterocycles. The molecule has 1 aromatic carbocycles. The number of guanidine groups is 1. The molecule has 2 N–H and O–H groups in total. The van der Waals surface area contributed by atoms with Gasteiger partial charge in [0.1, 0.15) is 12.4 Å². The molecule has 2 aromatic rings. The average Bonchev–Trinajstić information content (AvgIpc) is 2.58. The van der Waals surface area contributed by atoms with Gasteiger partial charge in [-0.3, -0.25) is 9.98 Å². The number of ether oxygens (including phenoxy) is 1. The Bertz CT molecular complexity index is 639. The lowest BCUT2D eigenvalue weighted by atomic mass is 10.1. The van der Waals surface area contributed by atoms with Crippen LogP contribution >= 0.6 is 35.6 Å². The van der Waals surface area contributed by atoms with E-state index >= 15 is 0 Å². The summed E-state index contributed by atoms with van der Waals surface area (Å²) in [7, 11) is 1.73. The Labute approximate surface area is 164 Å². The minimum atomic E-state index is 0. The standard InChI is InChI=1S/C17H21ClN4O.HI/c1-13(15-7-3-4-8-16(15)18)22-17(19-2)21-10-11-23-14-6-5-9-20-12-14;/h3-9,12-13H,10-11H2,1-2H3,(H2,19,21,22);1H. The van der Waals surface area contributed by atoms with Crippen molar-refractivity contribution in [3.05, 3.63) is 59.4 Å². The van der Waals surface area contributed by atoms with Crippen molar-refractivity contribution in [2.24, 2.45) is 4.99 Å². The fourth-order valence-electron chi connectivity index (χ4n) is 2.07. The highest BCUT2D eigenvalue weighted by Crippen LogP contribution is 2.21. The van der Waals surface area contributed by atoms with Gasteiger partial charge in [-0.2, -0.15) is 0 Å². The van der Waals surface area contributed by atoms with E-state index in [4.69, 9.17) is 16.3 Å². The Kier molecular flexibility index (Phi) is 9.48. The molecule has 0 bridgehead atoms. The Morgan fingerprint density at radius 2 is 2.08 bits per heavy atom. The lowest BCUT2D eigenvalue weighted by Gasteiger charge is -2.19. The van der Waals surface area contributed by atoms with Crippen molar-refractivity contribution in [1.29, 1.82) is 0 Å². The Morgan fingerprint density at radius 3 is 2.75 bits per heavy atom. The third-order valence-corrected chi connectivity index (χ3v) is 3.59. The largest absolute Gasteiger partial charge is 0.490 e. The van der Waals surface area contributed by atoms with Crippen molar-refractivity contribution in [1.82, 2.24) is 15.6 Å². The normalized spacial score (nSPS) is 12.0. The Balaban J connectivity index is 0.00000288. The summed E-state index contributed by atoms with van der Waals surface area (Å²) in [6, 6.07) is 11.5. The number of nitrogens with zero attached hydrogens (tertiary/aromatic N) is 2. The molecular weight excluding hydrogens is 439 g/mol. The van der Waals surface area contributed by atoms with Crippen molar-refractivity contribution >= 4 is 41.5 Å². The lowest BCUT2D eigenvalue weighted by molar-refractivity contribution is 0.320. The predicted molar refractivity (Wildman–Crippen MR) is 110 cm³/mol. The van der Waals surface area contributed by atoms with Crippen LogP contribution in [0.3, 0.4) is 0 Å². The molecular formula is C17H22ClIN4O. The van der Waals surface area contributed by atoms with Gasteiger partial charge in [-0.05, 0) is 30.7 Å². The number of halogens is 2. The summed E-state index contributed by atoms with van der Waals surface area (Å²) in [5, 5.41) is 7.26. The molecule has 0 radical (unpaired) electrons. The average molecular weight is 461 g/mol. The van der Waals surface area contributed by atoms with Gasteiger partial charge in [0.25, 0.3) is 0 Å². The first-order valence-corrected chi connectivity index (χ1v) is 7.83. The van der Waals surface area contributed by atoms with Crippen LogP contribution in [0, 0.1) is 0 Å². The SMILES string of the molecule is CN=C(NCCOc1cccnc1)NC(C)c1ccccc1Cl.I. The van der Waals surface area contributed by atoms with Crippen LogP contribution in [0.25, 0.3) is 0 Å². The molecule has 0 saturated carbocycles. The lowest BCUT2D eigenvalue weighted by Crippen LogP contribution is -2.40. The molecule has 0 aliphatic rings. The van der Waals surface area contributed by atoms with Crippen molar-refractivity contribution in [3.8, 4) is 5.75 Å². The zero-order chi connectivity index (χ0) is 16.5. The number of nitrogens with one attached hydrogen (secondary N) is 2. The van der Waals surface area contributed by atoms with Crippen LogP contribution in [-0.2, 0) is 0 Å². The van der Waals surface area contributed by atoms with Crippen molar-refractivity contribution < 1.29 is 4.74 Å². The van der Waals surface area contributed by atoms with Gasteiger partial charge in [0, 0.05) is 18.3 Å². The summed E-state index contributed by atoms with van der Waals surface area (Å²) >= 11 is 6.21. The molecule has 2 rings (SSSR count). The summed E-state index contributed by atoms with van der Waals surface area (Å²) in [6.45, 7) is 3.19. The summed E-state index contributed by atoms with van der Waals surface area (Å²) in [5.41, 5.74) is 1.03. The molecule has 0 saturated heterocycles. The summed E-state index contributed by atoms with van der Waals surface area (Å²) in [6.07, 6.45) is 3.40. The number of rotatable bonds is 6. The summed E-state index contributed by atoms with van der Waals surface area (Å²) in [4.78, 5) is 8.21. The highest BCUT2D eigenvalue weighted by molar-refractivity contribution is 14.0. The van der Waals surface area contributed by atoms with Crippen molar-refractivity contribution in [2.75, 3.05) is 20.2 Å². The number of hydrogen-bond donors (Lipinski definition) is 2. The van der Waals surface area contributed by atoms with Gasteiger partial charge in [0.15, 0.2) is 5.96 Å². The number of benzene rings is 1. The maximum absolute atomic E-state index is 6.21. The molecule has 7 heteroatoms. The maximum Gasteiger partial charge on any atom is 0.191 e. The highest BCUT2D eigenvalue weighted by Gasteiger charge is 2.10. The van der Waals surface area contributed by atoms with Crippen LogP contribution in [-0.4, -0.2) is 31.1 Å². The van der Waals surface area contributed by atoms with Crippen LogP contribution < -0.4 is 15.4 Å². The topological polar surface area (TPSA) is 58.5 Å². The van der Waals surface area contributed by atoms with Crippen LogP contribution in [0.15, 0.2) is 53.8 Å². The molecule has 0 spiro atoms. The van der Waals surface area contributed by atoms with Gasteiger partial charge < -0.3 is 15.4 Å². The number of hydrogen-bond acceptors (Lipinski definition) is 3. The number of aromatic nitrogens is 1. The van der Waals surface area contributed by atoms with Gasteiger partial charge >= 0.3 is 0 Å². The molecule has 1 atom stereocenters. The van der Waals surface area contributed by atoms with E-state index in [0.717, 1.165) is 16.3 Å². The molecule has 5 nitrogen and oxygen atoms in total. The first kappa shape index (κ1) is 20.5. The second-order valence-electron chi connectivity index (χ2n) is 4.92. The second kappa shape index (κ2) is 11.1. The molecule has 0 aliphatic carbocycles. The first-order valence-electron chi connectivity index (χ1n) is 7.45. The van der Waals surface area contributed by atoms with E-state index in [0.29, 0.717) is 19.1 Å². The molecule has 130 valence electrons. The molecule has 0 amide bonds. The van der Waals surface area contributed by atoms with E-state index in [1.807, 2.05) is 43.3 Å². The first-order chi connectivity index (χ1) is 11.2. The third-order valence-electron chi connectivity index (χ3n) is 3.25. The second-order valence-corrected chi connectivity index (χ2v) is 5.33. The van der Waals surface area contributed by atoms with Gasteiger partial charge in [-0.25, -0.2) is 0 Å². The van der Waals surface area contributed by atoms with Crippen LogP contribution in [0.5, 0.6) is 5.75 Å². The van der Waals surface area contributed by atoms with Gasteiger partial charge in [0.2, 0.25) is 0 Å². The monoisotopic (exact) mass is 460 g/mol. The van der Waals surface area contributed by atoms with E-state index < -0.39 is 0 Å². The van der Waals surface area contributed by atoms with Crippen molar-refractivity contribution in [2.45, 2.75) is 13.0 Å². The highest BCUT2D eigenvalue weighted by atomic mass is 127. The zero-order valence-corrected chi connectivity index (χ0v) is 16.8. The fourth-order valence-corrected chi connectivity index (χ4v) is 2.37. The van der Waals surface area contributed by atoms with Crippen LogP contribution in [0.1, 0.15) is 18.5 Å². The van der Waals surface area contributed by atoms with Gasteiger partial charge in [0.05, 0.1) is 18.8 Å². The van der Waals surface area contributed by atoms with E-state index in [1.54, 1.807) is 19.4 Å². The van der Waals surface area contributed by atoms with E-state index in [1.165, 1.54) is 0 Å². The summed E-state index contributed by atoms with van der Waals surface area (Å²) < 4.78 is 5.58. The van der Waals surface area contributed by atoms with E-state index in [2.05, 4.69) is 20.6 Å². The molecule has 24 heavy (non-hydrogen) atoms. The molecule has 1 unspecified atom stereocenters. The number of pyridine rings is 1. The van der Waals surface area contributed by atoms with E-state index in [-0.39, 0.29) is 30.0 Å². The minimum Gasteiger partial charge on any atom is -0.490 e. The third kappa shape index (κ3) is 6.52. The van der Waals surface area contributed by atoms with Crippen LogP contribution in [0.4, 0.5) is 0 Å². The fraction of sp³-hybridized carbons (Fsp3) is 0.294. The van der Waals surface area contributed by atoms with Gasteiger partial charge in [-0.15, -0.1) is 24.0 Å². The number of aliphatic imine (C=N–C) groups is 1. The predicted octanol–water partition coefficient (Wildman–Crippen LogP) is 3.66. The van der Waals surface area contributed by atoms with E-state index in [9.17, 15) is 0 Å². The van der Waals surface area contributed by atoms with Gasteiger partial charge in [-0.1, -0.05) is 29.8 Å². The Morgan fingerprint density at radius 1 is 1.29 bits per heavy atom. The molecule has 0 fully saturated rings.